The highest BCUT2D eigenvalue weighted by molar-refractivity contribution is 5.98. The monoisotopic (exact) mass is 369 g/mol. The molecular weight excluding hydrogens is 345 g/mol. The molecule has 1 amide bonds. The van der Waals surface area contributed by atoms with Crippen molar-refractivity contribution in [2.45, 2.75) is 19.9 Å². The number of Topliss-reactive ketones (excluding diaryl/α,β-unsaturated/α-hetero) is 1. The molecule has 2 aromatic rings. The van der Waals surface area contributed by atoms with Gasteiger partial charge in [0, 0.05) is 43.1 Å². The molecule has 0 radical (unpaired) electrons. The largest absolute Gasteiger partial charge is 0.369 e. The molecule has 27 heavy (non-hydrogen) atoms. The number of benzene rings is 2. The van der Waals surface area contributed by atoms with Crippen LogP contribution in [0.15, 0.2) is 48.5 Å². The van der Waals surface area contributed by atoms with E-state index in [1.807, 2.05) is 6.92 Å². The SMILES string of the molecule is CC(=O)c1cccc(NC(=O)C(C)N2CCN(c3ccc(F)cc3)CC2)c1. The number of halogens is 1. The van der Waals surface area contributed by atoms with Gasteiger partial charge in [-0.1, -0.05) is 12.1 Å². The minimum absolute atomic E-state index is 0.0314. The normalized spacial score (nSPS) is 16.0. The van der Waals surface area contributed by atoms with E-state index in [1.165, 1.54) is 19.1 Å². The van der Waals surface area contributed by atoms with Gasteiger partial charge < -0.3 is 10.2 Å². The van der Waals surface area contributed by atoms with Crippen LogP contribution in [0.1, 0.15) is 24.2 Å². The first-order valence-electron chi connectivity index (χ1n) is 9.10. The first-order chi connectivity index (χ1) is 12.9. The van der Waals surface area contributed by atoms with Gasteiger partial charge in [0.05, 0.1) is 6.04 Å². The van der Waals surface area contributed by atoms with Crippen molar-refractivity contribution in [3.05, 3.63) is 59.9 Å². The molecule has 1 aliphatic rings. The molecule has 1 heterocycles. The molecule has 0 spiro atoms. The molecule has 0 aromatic heterocycles. The van der Waals surface area contributed by atoms with Crippen molar-refractivity contribution in [2.24, 2.45) is 0 Å². The van der Waals surface area contributed by atoms with E-state index in [-0.39, 0.29) is 23.5 Å². The Balaban J connectivity index is 1.56. The van der Waals surface area contributed by atoms with E-state index in [0.717, 1.165) is 31.9 Å². The summed E-state index contributed by atoms with van der Waals surface area (Å²) in [4.78, 5) is 28.4. The van der Waals surface area contributed by atoms with Gasteiger partial charge in [0.15, 0.2) is 5.78 Å². The van der Waals surface area contributed by atoms with Gasteiger partial charge in [-0.05, 0) is 50.2 Å². The number of nitrogens with zero attached hydrogens (tertiary/aromatic N) is 2. The standard InChI is InChI=1S/C21H24FN3O2/c1-15(21(27)23-19-5-3-4-17(14-19)16(2)26)24-10-12-25(13-11-24)20-8-6-18(22)7-9-20/h3-9,14-15H,10-13H2,1-2H3,(H,23,27). The summed E-state index contributed by atoms with van der Waals surface area (Å²) in [5.41, 5.74) is 2.20. The minimum Gasteiger partial charge on any atom is -0.369 e. The van der Waals surface area contributed by atoms with E-state index < -0.39 is 0 Å². The molecule has 0 bridgehead atoms. The Hall–Kier alpha value is -2.73. The van der Waals surface area contributed by atoms with Crippen LogP contribution < -0.4 is 10.2 Å². The molecule has 0 saturated carbocycles. The number of rotatable bonds is 5. The molecule has 1 fully saturated rings. The van der Waals surface area contributed by atoms with Crippen LogP contribution >= 0.6 is 0 Å². The second-order valence-electron chi connectivity index (χ2n) is 6.80. The fraction of sp³-hybridized carbons (Fsp3) is 0.333. The van der Waals surface area contributed by atoms with Gasteiger partial charge in [0.25, 0.3) is 0 Å². The average molecular weight is 369 g/mol. The topological polar surface area (TPSA) is 52.7 Å². The maximum absolute atomic E-state index is 13.1. The van der Waals surface area contributed by atoms with Crippen LogP contribution in [0.2, 0.25) is 0 Å². The van der Waals surface area contributed by atoms with Crippen molar-refractivity contribution in [3.63, 3.8) is 0 Å². The Kier molecular flexibility index (Phi) is 5.86. The third-order valence-electron chi connectivity index (χ3n) is 4.97. The summed E-state index contributed by atoms with van der Waals surface area (Å²) >= 11 is 0. The van der Waals surface area contributed by atoms with Crippen molar-refractivity contribution in [2.75, 3.05) is 36.4 Å². The minimum atomic E-state index is -0.277. The molecule has 3 rings (SSSR count). The maximum atomic E-state index is 13.1. The second-order valence-corrected chi connectivity index (χ2v) is 6.80. The van der Waals surface area contributed by atoms with Crippen LogP contribution in [0.25, 0.3) is 0 Å². The highest BCUT2D eigenvalue weighted by Gasteiger charge is 2.25. The molecule has 6 heteroatoms. The van der Waals surface area contributed by atoms with E-state index in [0.29, 0.717) is 11.3 Å². The van der Waals surface area contributed by atoms with Gasteiger partial charge in [0.2, 0.25) is 5.91 Å². The lowest BCUT2D eigenvalue weighted by Gasteiger charge is -2.38. The first kappa shape index (κ1) is 19.0. The number of ketones is 1. The van der Waals surface area contributed by atoms with Crippen molar-refractivity contribution >= 4 is 23.1 Å². The number of carbonyl (C=O) groups excluding carboxylic acids is 2. The van der Waals surface area contributed by atoms with Gasteiger partial charge in [-0.25, -0.2) is 4.39 Å². The number of hydrogen-bond donors (Lipinski definition) is 1. The lowest BCUT2D eigenvalue weighted by molar-refractivity contribution is -0.120. The van der Waals surface area contributed by atoms with Crippen LogP contribution in [-0.4, -0.2) is 48.8 Å². The lowest BCUT2D eigenvalue weighted by atomic mass is 10.1. The van der Waals surface area contributed by atoms with Gasteiger partial charge in [-0.2, -0.15) is 0 Å². The summed E-state index contributed by atoms with van der Waals surface area (Å²) in [5, 5.41) is 2.90. The van der Waals surface area contributed by atoms with Crippen molar-refractivity contribution in [1.82, 2.24) is 4.90 Å². The number of carbonyl (C=O) groups is 2. The van der Waals surface area contributed by atoms with E-state index in [9.17, 15) is 14.0 Å². The summed E-state index contributed by atoms with van der Waals surface area (Å²) < 4.78 is 13.1. The quantitative estimate of drug-likeness (QED) is 0.823. The molecule has 2 aromatic carbocycles. The molecule has 0 aliphatic carbocycles. The summed E-state index contributed by atoms with van der Waals surface area (Å²) in [7, 11) is 0. The van der Waals surface area contributed by atoms with Gasteiger partial charge in [0.1, 0.15) is 5.82 Å². The van der Waals surface area contributed by atoms with E-state index in [4.69, 9.17) is 0 Å². The fourth-order valence-electron chi connectivity index (χ4n) is 3.25. The third-order valence-corrected chi connectivity index (χ3v) is 4.97. The summed E-state index contributed by atoms with van der Waals surface area (Å²) in [6.45, 7) is 6.45. The number of hydrogen-bond acceptors (Lipinski definition) is 4. The molecule has 1 atom stereocenters. The lowest BCUT2D eigenvalue weighted by Crippen LogP contribution is -2.52. The zero-order chi connectivity index (χ0) is 19.4. The number of nitrogens with one attached hydrogen (secondary N) is 1. The molecule has 1 N–H and O–H groups in total. The van der Waals surface area contributed by atoms with E-state index >= 15 is 0 Å². The Morgan fingerprint density at radius 3 is 2.33 bits per heavy atom. The number of piperazine rings is 1. The van der Waals surface area contributed by atoms with Crippen LogP contribution in [0, 0.1) is 5.82 Å². The van der Waals surface area contributed by atoms with Crippen LogP contribution in [0.4, 0.5) is 15.8 Å². The van der Waals surface area contributed by atoms with Crippen LogP contribution in [0.5, 0.6) is 0 Å². The first-order valence-corrected chi connectivity index (χ1v) is 9.10. The second kappa shape index (κ2) is 8.31. The maximum Gasteiger partial charge on any atom is 0.241 e. The smallest absolute Gasteiger partial charge is 0.241 e. The highest BCUT2D eigenvalue weighted by Crippen LogP contribution is 2.18. The molecule has 1 unspecified atom stereocenters. The van der Waals surface area contributed by atoms with E-state index in [2.05, 4.69) is 15.1 Å². The molecule has 5 nitrogen and oxygen atoms in total. The molecule has 1 aliphatic heterocycles. The Labute approximate surface area is 158 Å². The summed E-state index contributed by atoms with van der Waals surface area (Å²) in [6, 6.07) is 13.2. The van der Waals surface area contributed by atoms with Gasteiger partial charge in [-0.3, -0.25) is 14.5 Å². The third kappa shape index (κ3) is 4.71. The summed E-state index contributed by atoms with van der Waals surface area (Å²) in [6.07, 6.45) is 0. The Morgan fingerprint density at radius 1 is 1.04 bits per heavy atom. The van der Waals surface area contributed by atoms with Crippen LogP contribution in [-0.2, 0) is 4.79 Å². The predicted molar refractivity (Wildman–Crippen MR) is 105 cm³/mol. The summed E-state index contributed by atoms with van der Waals surface area (Å²) in [5.74, 6) is -0.362. The Morgan fingerprint density at radius 2 is 1.70 bits per heavy atom. The van der Waals surface area contributed by atoms with Gasteiger partial charge in [-0.15, -0.1) is 0 Å². The van der Waals surface area contributed by atoms with Crippen molar-refractivity contribution in [1.29, 1.82) is 0 Å². The fourth-order valence-corrected chi connectivity index (χ4v) is 3.25. The van der Waals surface area contributed by atoms with E-state index in [1.54, 1.807) is 36.4 Å². The number of anilines is 2. The molecule has 1 saturated heterocycles. The zero-order valence-corrected chi connectivity index (χ0v) is 15.6. The highest BCUT2D eigenvalue weighted by atomic mass is 19.1. The van der Waals surface area contributed by atoms with Crippen LogP contribution in [0.3, 0.4) is 0 Å². The predicted octanol–water partition coefficient (Wildman–Crippen LogP) is 3.18. The molecule has 142 valence electrons. The average Bonchev–Trinajstić information content (AvgIpc) is 2.68. The zero-order valence-electron chi connectivity index (χ0n) is 15.6. The van der Waals surface area contributed by atoms with Crippen molar-refractivity contribution < 1.29 is 14.0 Å². The van der Waals surface area contributed by atoms with Crippen molar-refractivity contribution in [3.8, 4) is 0 Å². The van der Waals surface area contributed by atoms with Gasteiger partial charge >= 0.3 is 0 Å². The Bertz CT molecular complexity index is 814. The molecular formula is C21H24FN3O2. The number of amides is 1.